The summed E-state index contributed by atoms with van der Waals surface area (Å²) in [5, 5.41) is 3.29. The van der Waals surface area contributed by atoms with Crippen molar-refractivity contribution < 1.29 is 22.4 Å². The van der Waals surface area contributed by atoms with Crippen molar-refractivity contribution in [3.63, 3.8) is 0 Å². The number of hydrogen-bond donors (Lipinski definition) is 1. The van der Waals surface area contributed by atoms with Gasteiger partial charge in [0.25, 0.3) is 0 Å². The molecule has 40 heavy (non-hydrogen) atoms. The van der Waals surface area contributed by atoms with Crippen LogP contribution in [0.15, 0.2) is 72.8 Å². The lowest BCUT2D eigenvalue weighted by molar-refractivity contribution is -0.140. The first kappa shape index (κ1) is 31.4. The third kappa shape index (κ3) is 8.68. The first-order valence-electron chi connectivity index (χ1n) is 12.7. The maximum atomic E-state index is 14.8. The van der Waals surface area contributed by atoms with Crippen LogP contribution in [0.4, 0.5) is 10.1 Å². The molecule has 0 aliphatic rings. The number of nitrogens with one attached hydrogen (secondary N) is 1. The van der Waals surface area contributed by atoms with E-state index in [0.29, 0.717) is 6.42 Å². The summed E-state index contributed by atoms with van der Waals surface area (Å²) in [6.07, 6.45) is 1.74. The maximum Gasteiger partial charge on any atom is 0.244 e. The minimum absolute atomic E-state index is 0.0860. The predicted molar refractivity (Wildman–Crippen MR) is 157 cm³/mol. The molecule has 3 aromatic carbocycles. The Hall–Kier alpha value is -3.14. The average Bonchev–Trinajstić information content (AvgIpc) is 2.89. The van der Waals surface area contributed by atoms with Gasteiger partial charge in [-0.3, -0.25) is 13.9 Å². The molecule has 1 N–H and O–H groups in total. The fraction of sp³-hybridized carbons (Fsp3) is 0.310. The number of amides is 2. The number of benzene rings is 3. The summed E-state index contributed by atoms with van der Waals surface area (Å²) in [5.41, 5.74) is 1.05. The Bertz CT molecular complexity index is 1420. The van der Waals surface area contributed by atoms with Crippen LogP contribution in [0.3, 0.4) is 0 Å². The molecule has 2 atom stereocenters. The second-order valence-corrected chi connectivity index (χ2v) is 12.3. The molecule has 3 aromatic rings. The SMILES string of the molecule is CCC(C)NC(=O)C(Cc1ccccc1)N(Cc1ccccc1F)C(=O)CN(c1cc(Cl)cc(Cl)c1)S(C)(=O)=O. The largest absolute Gasteiger partial charge is 0.352 e. The number of carbonyl (C=O) groups is 2. The van der Waals surface area contributed by atoms with Crippen LogP contribution in [0.25, 0.3) is 0 Å². The monoisotopic (exact) mass is 607 g/mol. The molecule has 2 unspecified atom stereocenters. The average molecular weight is 609 g/mol. The topological polar surface area (TPSA) is 86.8 Å². The van der Waals surface area contributed by atoms with E-state index in [4.69, 9.17) is 23.2 Å². The smallest absolute Gasteiger partial charge is 0.244 e. The molecule has 0 aliphatic carbocycles. The van der Waals surface area contributed by atoms with Gasteiger partial charge in [0.05, 0.1) is 11.9 Å². The summed E-state index contributed by atoms with van der Waals surface area (Å²) in [6, 6.07) is 18.0. The highest BCUT2D eigenvalue weighted by Crippen LogP contribution is 2.27. The second kappa shape index (κ2) is 14.0. The molecular weight excluding hydrogens is 576 g/mol. The Kier molecular flexibility index (Phi) is 11.0. The third-order valence-corrected chi connectivity index (χ3v) is 7.96. The molecule has 0 saturated heterocycles. The van der Waals surface area contributed by atoms with Crippen molar-refractivity contribution in [2.24, 2.45) is 0 Å². The van der Waals surface area contributed by atoms with Gasteiger partial charge < -0.3 is 10.2 Å². The van der Waals surface area contributed by atoms with Crippen molar-refractivity contribution in [1.82, 2.24) is 10.2 Å². The van der Waals surface area contributed by atoms with Crippen molar-refractivity contribution in [2.45, 2.75) is 45.3 Å². The van der Waals surface area contributed by atoms with Crippen LogP contribution in [0, 0.1) is 5.82 Å². The number of halogens is 3. The molecule has 0 saturated carbocycles. The summed E-state index contributed by atoms with van der Waals surface area (Å²) in [5.74, 6) is -1.69. The number of anilines is 1. The zero-order chi connectivity index (χ0) is 29.4. The quantitative estimate of drug-likeness (QED) is 0.296. The van der Waals surface area contributed by atoms with Gasteiger partial charge in [-0.2, -0.15) is 0 Å². The normalized spacial score (nSPS) is 12.8. The number of hydrogen-bond acceptors (Lipinski definition) is 4. The summed E-state index contributed by atoms with van der Waals surface area (Å²) in [7, 11) is -3.99. The standard InChI is InChI=1S/C29H32Cl2FN3O4S/c1-4-20(2)33-29(37)27(14-21-10-6-5-7-11-21)34(18-22-12-8-9-13-26(22)32)28(36)19-35(40(3,38)39)25-16-23(30)15-24(31)17-25/h5-13,15-17,20,27H,4,14,18-19H2,1-3H3,(H,33,37). The van der Waals surface area contributed by atoms with Crippen molar-refractivity contribution in [2.75, 3.05) is 17.1 Å². The van der Waals surface area contributed by atoms with E-state index in [1.165, 1.54) is 41.3 Å². The Labute approximate surface area is 244 Å². The van der Waals surface area contributed by atoms with E-state index in [2.05, 4.69) is 5.32 Å². The summed E-state index contributed by atoms with van der Waals surface area (Å²) < 4.78 is 41.3. The van der Waals surface area contributed by atoms with E-state index in [9.17, 15) is 22.4 Å². The fourth-order valence-electron chi connectivity index (χ4n) is 4.10. The zero-order valence-corrected chi connectivity index (χ0v) is 24.8. The third-order valence-electron chi connectivity index (χ3n) is 6.39. The summed E-state index contributed by atoms with van der Waals surface area (Å²) >= 11 is 12.2. The minimum atomic E-state index is -3.99. The lowest BCUT2D eigenvalue weighted by Crippen LogP contribution is -2.54. The van der Waals surface area contributed by atoms with Crippen LogP contribution < -0.4 is 9.62 Å². The van der Waals surface area contributed by atoms with E-state index < -0.39 is 40.2 Å². The summed E-state index contributed by atoms with van der Waals surface area (Å²) in [4.78, 5) is 28.8. The highest BCUT2D eigenvalue weighted by molar-refractivity contribution is 7.92. The van der Waals surface area contributed by atoms with Crippen LogP contribution in [0.1, 0.15) is 31.4 Å². The molecule has 0 fully saturated rings. The fourth-order valence-corrected chi connectivity index (χ4v) is 5.45. The lowest BCUT2D eigenvalue weighted by atomic mass is 10.0. The van der Waals surface area contributed by atoms with Gasteiger partial charge in [0.15, 0.2) is 0 Å². The molecule has 214 valence electrons. The van der Waals surface area contributed by atoms with Crippen LogP contribution in [0.2, 0.25) is 10.0 Å². The van der Waals surface area contributed by atoms with Gasteiger partial charge in [0, 0.05) is 34.6 Å². The predicted octanol–water partition coefficient (Wildman–Crippen LogP) is 5.45. The van der Waals surface area contributed by atoms with Gasteiger partial charge in [-0.15, -0.1) is 0 Å². The Morgan fingerprint density at radius 3 is 2.15 bits per heavy atom. The Balaban J connectivity index is 2.09. The number of carbonyl (C=O) groups excluding carboxylic acids is 2. The van der Waals surface area contributed by atoms with Gasteiger partial charge >= 0.3 is 0 Å². The molecule has 2 amide bonds. The van der Waals surface area contributed by atoms with E-state index in [1.54, 1.807) is 6.07 Å². The van der Waals surface area contributed by atoms with Crippen LogP contribution in [-0.4, -0.2) is 50.0 Å². The molecule has 0 aliphatic heterocycles. The van der Waals surface area contributed by atoms with Crippen LogP contribution in [0.5, 0.6) is 0 Å². The molecule has 7 nitrogen and oxygen atoms in total. The molecule has 0 bridgehead atoms. The molecule has 0 heterocycles. The highest BCUT2D eigenvalue weighted by atomic mass is 35.5. The van der Waals surface area contributed by atoms with Gasteiger partial charge in [0.1, 0.15) is 18.4 Å². The maximum absolute atomic E-state index is 14.8. The lowest BCUT2D eigenvalue weighted by Gasteiger charge is -2.34. The van der Waals surface area contributed by atoms with Gasteiger partial charge in [0.2, 0.25) is 21.8 Å². The van der Waals surface area contributed by atoms with Gasteiger partial charge in [-0.1, -0.05) is 78.7 Å². The van der Waals surface area contributed by atoms with Crippen molar-refractivity contribution >= 4 is 50.7 Å². The first-order valence-corrected chi connectivity index (χ1v) is 15.3. The zero-order valence-electron chi connectivity index (χ0n) is 22.5. The Morgan fingerprint density at radius 1 is 0.975 bits per heavy atom. The molecule has 0 spiro atoms. The summed E-state index contributed by atoms with van der Waals surface area (Å²) in [6.45, 7) is 2.84. The number of nitrogens with zero attached hydrogens (tertiary/aromatic N) is 2. The van der Waals surface area contributed by atoms with Crippen molar-refractivity contribution in [1.29, 1.82) is 0 Å². The molecule has 3 rings (SSSR count). The second-order valence-electron chi connectivity index (χ2n) is 9.53. The Morgan fingerprint density at radius 2 is 1.57 bits per heavy atom. The van der Waals surface area contributed by atoms with Crippen molar-refractivity contribution in [3.05, 3.63) is 99.8 Å². The molecule has 0 radical (unpaired) electrons. The van der Waals surface area contributed by atoms with E-state index in [-0.39, 0.29) is 40.3 Å². The van der Waals surface area contributed by atoms with E-state index in [0.717, 1.165) is 16.1 Å². The van der Waals surface area contributed by atoms with Crippen LogP contribution >= 0.6 is 23.2 Å². The van der Waals surface area contributed by atoms with Gasteiger partial charge in [-0.25, -0.2) is 12.8 Å². The molecule has 0 aromatic heterocycles. The van der Waals surface area contributed by atoms with Gasteiger partial charge in [-0.05, 0) is 43.2 Å². The number of sulfonamides is 1. The van der Waals surface area contributed by atoms with E-state index >= 15 is 0 Å². The van der Waals surface area contributed by atoms with E-state index in [1.807, 2.05) is 44.2 Å². The minimum Gasteiger partial charge on any atom is -0.352 e. The van der Waals surface area contributed by atoms with Crippen molar-refractivity contribution in [3.8, 4) is 0 Å². The molecular formula is C29H32Cl2FN3O4S. The highest BCUT2D eigenvalue weighted by Gasteiger charge is 2.34. The first-order chi connectivity index (χ1) is 18.9. The van der Waals surface area contributed by atoms with Crippen LogP contribution in [-0.2, 0) is 32.6 Å². The molecule has 11 heteroatoms. The number of rotatable bonds is 12.